The van der Waals surface area contributed by atoms with Gasteiger partial charge in [0.05, 0.1) is 13.4 Å². The summed E-state index contributed by atoms with van der Waals surface area (Å²) in [5.41, 5.74) is 1.74. The molecule has 0 bridgehead atoms. The fraction of sp³-hybridized carbons (Fsp3) is 0.200. The van der Waals surface area contributed by atoms with Gasteiger partial charge < -0.3 is 19.8 Å². The van der Waals surface area contributed by atoms with Crippen LogP contribution in [0.5, 0.6) is 5.75 Å². The second kappa shape index (κ2) is 10.8. The number of hydrogen-bond donors (Lipinski definition) is 2. The van der Waals surface area contributed by atoms with Gasteiger partial charge in [0.2, 0.25) is 0 Å². The molecular weight excluding hydrogens is 392 g/mol. The van der Waals surface area contributed by atoms with Crippen molar-refractivity contribution in [2.45, 2.75) is 25.8 Å². The summed E-state index contributed by atoms with van der Waals surface area (Å²) in [6.45, 7) is 1.94. The van der Waals surface area contributed by atoms with Gasteiger partial charge in [-0.3, -0.25) is 9.59 Å². The monoisotopic (exact) mass is 418 g/mol. The molecular formula is C25H26N2O4. The molecule has 0 saturated carbocycles. The van der Waals surface area contributed by atoms with E-state index in [4.69, 9.17) is 9.15 Å². The van der Waals surface area contributed by atoms with Gasteiger partial charge in [0.1, 0.15) is 17.2 Å². The molecule has 0 radical (unpaired) electrons. The molecule has 6 nitrogen and oxygen atoms in total. The summed E-state index contributed by atoms with van der Waals surface area (Å²) in [5.74, 6) is 0.344. The van der Waals surface area contributed by atoms with E-state index < -0.39 is 5.91 Å². The van der Waals surface area contributed by atoms with E-state index in [-0.39, 0.29) is 17.6 Å². The predicted molar refractivity (Wildman–Crippen MR) is 120 cm³/mol. The third kappa shape index (κ3) is 6.60. The largest absolute Gasteiger partial charge is 0.497 e. The van der Waals surface area contributed by atoms with E-state index >= 15 is 0 Å². The van der Waals surface area contributed by atoms with Crippen LogP contribution in [0.4, 0.5) is 0 Å². The highest BCUT2D eigenvalue weighted by atomic mass is 16.5. The van der Waals surface area contributed by atoms with Crippen LogP contribution < -0.4 is 15.4 Å². The Morgan fingerprint density at radius 2 is 1.77 bits per heavy atom. The van der Waals surface area contributed by atoms with Crippen LogP contribution in [-0.4, -0.2) is 25.0 Å². The standard InChI is InChI=1S/C25H26N2O4/c1-18(10-11-19-7-4-3-5-8-19)26-25(29)23(17-22-9-6-16-31-22)27-24(28)20-12-14-21(30-2)15-13-20/h3-9,12-18H,10-11H2,1-2H3,(H,26,29)(H,27,28)/b23-17-/t18-/m0/s1. The maximum atomic E-state index is 12.9. The summed E-state index contributed by atoms with van der Waals surface area (Å²) in [4.78, 5) is 25.6. The number of furan rings is 1. The molecule has 0 spiro atoms. The first-order valence-corrected chi connectivity index (χ1v) is 10.1. The summed E-state index contributed by atoms with van der Waals surface area (Å²) in [7, 11) is 1.56. The zero-order chi connectivity index (χ0) is 22.1. The lowest BCUT2D eigenvalue weighted by molar-refractivity contribution is -0.118. The van der Waals surface area contributed by atoms with Crippen molar-refractivity contribution in [2.24, 2.45) is 0 Å². The van der Waals surface area contributed by atoms with Gasteiger partial charge in [-0.05, 0) is 61.7 Å². The average Bonchev–Trinajstić information content (AvgIpc) is 3.31. The normalized spacial score (nSPS) is 12.1. The maximum Gasteiger partial charge on any atom is 0.268 e. The molecule has 1 heterocycles. The molecule has 0 saturated heterocycles. The smallest absolute Gasteiger partial charge is 0.268 e. The number of methoxy groups -OCH3 is 1. The Labute approximate surface area is 181 Å². The molecule has 160 valence electrons. The molecule has 3 rings (SSSR count). The topological polar surface area (TPSA) is 80.6 Å². The van der Waals surface area contributed by atoms with Crippen molar-refractivity contribution in [3.63, 3.8) is 0 Å². The minimum Gasteiger partial charge on any atom is -0.497 e. The van der Waals surface area contributed by atoms with E-state index in [1.807, 2.05) is 25.1 Å². The Kier molecular flexibility index (Phi) is 7.65. The lowest BCUT2D eigenvalue weighted by atomic mass is 10.1. The Hall–Kier alpha value is -3.80. The van der Waals surface area contributed by atoms with Crippen molar-refractivity contribution in [2.75, 3.05) is 7.11 Å². The number of rotatable bonds is 9. The van der Waals surface area contributed by atoms with Crippen LogP contribution in [0.2, 0.25) is 0 Å². The lowest BCUT2D eigenvalue weighted by Crippen LogP contribution is -2.39. The van der Waals surface area contributed by atoms with Crippen LogP contribution in [0, 0.1) is 0 Å². The Bertz CT molecular complexity index is 1010. The molecule has 2 amide bonds. The fourth-order valence-corrected chi connectivity index (χ4v) is 3.01. The van der Waals surface area contributed by atoms with Crippen LogP contribution in [0.25, 0.3) is 6.08 Å². The second-order valence-corrected chi connectivity index (χ2v) is 7.15. The summed E-state index contributed by atoms with van der Waals surface area (Å²) in [6.07, 6.45) is 4.64. The molecule has 0 aliphatic rings. The molecule has 0 unspecified atom stereocenters. The van der Waals surface area contributed by atoms with Crippen molar-refractivity contribution in [3.05, 3.63) is 95.6 Å². The van der Waals surface area contributed by atoms with Crippen molar-refractivity contribution < 1.29 is 18.7 Å². The average molecular weight is 418 g/mol. The van der Waals surface area contributed by atoms with E-state index in [0.29, 0.717) is 17.1 Å². The number of benzene rings is 2. The third-order valence-corrected chi connectivity index (χ3v) is 4.76. The van der Waals surface area contributed by atoms with Crippen molar-refractivity contribution >= 4 is 17.9 Å². The molecule has 1 aromatic heterocycles. The zero-order valence-electron chi connectivity index (χ0n) is 17.6. The molecule has 3 aromatic rings. The number of carbonyl (C=O) groups excluding carboxylic acids is 2. The van der Waals surface area contributed by atoms with Crippen molar-refractivity contribution in [1.82, 2.24) is 10.6 Å². The molecule has 0 aliphatic carbocycles. The van der Waals surface area contributed by atoms with Gasteiger partial charge in [0.15, 0.2) is 0 Å². The zero-order valence-corrected chi connectivity index (χ0v) is 17.6. The summed E-state index contributed by atoms with van der Waals surface area (Å²) >= 11 is 0. The lowest BCUT2D eigenvalue weighted by Gasteiger charge is -2.16. The number of nitrogens with one attached hydrogen (secondary N) is 2. The van der Waals surface area contributed by atoms with Gasteiger partial charge in [-0.1, -0.05) is 30.3 Å². The Morgan fingerprint density at radius 3 is 2.42 bits per heavy atom. The molecule has 1 atom stereocenters. The number of hydrogen-bond acceptors (Lipinski definition) is 4. The Balaban J connectivity index is 1.67. The van der Waals surface area contributed by atoms with E-state index in [2.05, 4.69) is 22.8 Å². The van der Waals surface area contributed by atoms with E-state index in [0.717, 1.165) is 12.8 Å². The van der Waals surface area contributed by atoms with Crippen molar-refractivity contribution in [3.8, 4) is 5.75 Å². The number of amides is 2. The van der Waals surface area contributed by atoms with E-state index in [9.17, 15) is 9.59 Å². The van der Waals surface area contributed by atoms with Gasteiger partial charge in [0, 0.05) is 17.7 Å². The molecule has 2 N–H and O–H groups in total. The quantitative estimate of drug-likeness (QED) is 0.511. The van der Waals surface area contributed by atoms with Crippen LogP contribution in [0.1, 0.15) is 35.0 Å². The SMILES string of the molecule is COc1ccc(C(=O)N/C(=C\c2ccco2)C(=O)N[C@@H](C)CCc2ccccc2)cc1. The summed E-state index contributed by atoms with van der Waals surface area (Å²) in [6, 6.07) is 20.1. The van der Waals surface area contributed by atoms with Crippen LogP contribution >= 0.6 is 0 Å². The van der Waals surface area contributed by atoms with Gasteiger partial charge in [-0.2, -0.15) is 0 Å². The van der Waals surface area contributed by atoms with Gasteiger partial charge in [-0.15, -0.1) is 0 Å². The Morgan fingerprint density at radius 1 is 1.03 bits per heavy atom. The maximum absolute atomic E-state index is 12.9. The first-order chi connectivity index (χ1) is 15.0. The van der Waals surface area contributed by atoms with Gasteiger partial charge in [-0.25, -0.2) is 0 Å². The van der Waals surface area contributed by atoms with E-state index in [1.165, 1.54) is 17.9 Å². The van der Waals surface area contributed by atoms with Crippen molar-refractivity contribution in [1.29, 1.82) is 0 Å². The molecule has 0 aliphatic heterocycles. The highest BCUT2D eigenvalue weighted by Crippen LogP contribution is 2.13. The summed E-state index contributed by atoms with van der Waals surface area (Å²) < 4.78 is 10.4. The van der Waals surface area contributed by atoms with E-state index in [1.54, 1.807) is 43.5 Å². The minimum absolute atomic E-state index is 0.0782. The second-order valence-electron chi connectivity index (χ2n) is 7.15. The molecule has 6 heteroatoms. The van der Waals surface area contributed by atoms with Crippen LogP contribution in [0.15, 0.2) is 83.1 Å². The fourth-order valence-electron chi connectivity index (χ4n) is 3.01. The number of ether oxygens (including phenoxy) is 1. The van der Waals surface area contributed by atoms with Crippen LogP contribution in [0.3, 0.4) is 0 Å². The van der Waals surface area contributed by atoms with Gasteiger partial charge in [0.25, 0.3) is 11.8 Å². The first kappa shape index (κ1) is 21.9. The summed E-state index contributed by atoms with van der Waals surface area (Å²) in [5, 5.41) is 5.65. The number of carbonyl (C=O) groups is 2. The predicted octanol–water partition coefficient (Wildman–Crippen LogP) is 4.20. The number of aryl methyl sites for hydroxylation is 1. The van der Waals surface area contributed by atoms with Gasteiger partial charge >= 0.3 is 0 Å². The third-order valence-electron chi connectivity index (χ3n) is 4.76. The highest BCUT2D eigenvalue weighted by Gasteiger charge is 2.17. The molecule has 0 fully saturated rings. The van der Waals surface area contributed by atoms with Crippen LogP contribution in [-0.2, 0) is 11.2 Å². The molecule has 2 aromatic carbocycles. The highest BCUT2D eigenvalue weighted by molar-refractivity contribution is 6.05. The molecule has 31 heavy (non-hydrogen) atoms. The minimum atomic E-state index is -0.396. The first-order valence-electron chi connectivity index (χ1n) is 10.1.